The van der Waals surface area contributed by atoms with E-state index in [1.807, 2.05) is 0 Å². The van der Waals surface area contributed by atoms with Crippen LogP contribution in [0.1, 0.15) is 18.4 Å². The Kier molecular flexibility index (Phi) is 3.70. The van der Waals surface area contributed by atoms with Crippen molar-refractivity contribution in [1.29, 1.82) is 0 Å². The fourth-order valence-corrected chi connectivity index (χ4v) is 2.25. The van der Waals surface area contributed by atoms with E-state index in [1.165, 1.54) is 11.1 Å². The Balaban J connectivity index is 2.05. The number of aromatic amines is 1. The van der Waals surface area contributed by atoms with E-state index in [4.69, 9.17) is 10.8 Å². The van der Waals surface area contributed by atoms with Gasteiger partial charge in [-0.3, -0.25) is 4.79 Å². The van der Waals surface area contributed by atoms with Gasteiger partial charge in [-0.15, -0.1) is 0 Å². The lowest BCUT2D eigenvalue weighted by Crippen LogP contribution is -2.49. The first kappa shape index (κ1) is 13.3. The first-order chi connectivity index (χ1) is 9.00. The number of hydrogen-bond acceptors (Lipinski definition) is 5. The van der Waals surface area contributed by atoms with Crippen LogP contribution in [0.5, 0.6) is 0 Å². The number of H-pyrrole nitrogens is 1. The second-order valence-corrected chi connectivity index (χ2v) is 4.52. The number of aliphatic carboxylic acids is 1. The fourth-order valence-electron chi connectivity index (χ4n) is 2.25. The number of amides is 1. The van der Waals surface area contributed by atoms with Gasteiger partial charge in [0.25, 0.3) is 0 Å². The summed E-state index contributed by atoms with van der Waals surface area (Å²) >= 11 is 0. The maximum atomic E-state index is 12.1. The smallest absolute Gasteiger partial charge is 0.360 e. The van der Waals surface area contributed by atoms with Crippen LogP contribution in [0.3, 0.4) is 0 Å². The average molecular weight is 269 g/mol. The van der Waals surface area contributed by atoms with Gasteiger partial charge in [0.2, 0.25) is 5.91 Å². The zero-order valence-electron chi connectivity index (χ0n) is 10.2. The molecule has 2 atom stereocenters. The first-order valence-electron chi connectivity index (χ1n) is 5.95. The molecule has 1 aromatic rings. The van der Waals surface area contributed by atoms with Crippen LogP contribution in [0.2, 0.25) is 0 Å². The van der Waals surface area contributed by atoms with Crippen LogP contribution in [-0.2, 0) is 16.0 Å². The molecule has 1 aliphatic heterocycles. The molecular formula is C11H15N3O5. The number of carbonyl (C=O) groups excluding carboxylic acids is 1. The van der Waals surface area contributed by atoms with E-state index in [9.17, 15) is 14.4 Å². The molecule has 0 radical (unpaired) electrons. The molecule has 8 nitrogen and oxygen atoms in total. The topological polar surface area (TPSA) is 130 Å². The number of carboxylic acid groups (broad SMARTS) is 1. The molecule has 2 heterocycles. The summed E-state index contributed by atoms with van der Waals surface area (Å²) in [5.41, 5.74) is 5.44. The van der Waals surface area contributed by atoms with Crippen LogP contribution in [0.15, 0.2) is 15.5 Å². The quantitative estimate of drug-likeness (QED) is 0.637. The van der Waals surface area contributed by atoms with Gasteiger partial charge in [0.05, 0.1) is 11.6 Å². The maximum Gasteiger partial charge on any atom is 0.360 e. The van der Waals surface area contributed by atoms with Crippen molar-refractivity contribution in [2.75, 3.05) is 6.54 Å². The Morgan fingerprint density at radius 2 is 2.37 bits per heavy atom. The fraction of sp³-hybridized carbons (Fsp3) is 0.545. The molecule has 19 heavy (non-hydrogen) atoms. The number of aromatic nitrogens is 1. The summed E-state index contributed by atoms with van der Waals surface area (Å²) in [6.45, 7) is 0.380. The molecule has 0 unspecified atom stereocenters. The number of carboxylic acids is 1. The van der Waals surface area contributed by atoms with Gasteiger partial charge in [-0.2, -0.15) is 0 Å². The van der Waals surface area contributed by atoms with Crippen molar-refractivity contribution in [2.24, 2.45) is 5.73 Å². The van der Waals surface area contributed by atoms with Gasteiger partial charge in [0.1, 0.15) is 6.04 Å². The van der Waals surface area contributed by atoms with Gasteiger partial charge in [0, 0.05) is 19.2 Å². The van der Waals surface area contributed by atoms with Gasteiger partial charge < -0.3 is 20.3 Å². The van der Waals surface area contributed by atoms with Crippen LogP contribution < -0.4 is 11.4 Å². The number of hydrogen-bond donors (Lipinski definition) is 3. The molecule has 4 N–H and O–H groups in total. The molecule has 1 fully saturated rings. The van der Waals surface area contributed by atoms with E-state index in [2.05, 4.69) is 9.68 Å². The van der Waals surface area contributed by atoms with Gasteiger partial charge in [-0.05, 0) is 12.8 Å². The van der Waals surface area contributed by atoms with Crippen molar-refractivity contribution >= 4 is 11.9 Å². The second kappa shape index (κ2) is 5.27. The standard InChI is InChI=1S/C11H15N3O5/c12-7(4-6-5-13-19-11(6)18)9(15)14-3-1-2-8(14)10(16)17/h5,7-8,13H,1-4,12H2,(H,16,17)/t7-,8+/m0/s1. The Hall–Kier alpha value is -2.09. The Morgan fingerprint density at radius 3 is 2.95 bits per heavy atom. The second-order valence-electron chi connectivity index (χ2n) is 4.52. The molecule has 104 valence electrons. The third-order valence-electron chi connectivity index (χ3n) is 3.22. The highest BCUT2D eigenvalue weighted by Crippen LogP contribution is 2.18. The lowest BCUT2D eigenvalue weighted by atomic mass is 10.1. The Morgan fingerprint density at radius 1 is 1.63 bits per heavy atom. The minimum Gasteiger partial charge on any atom is -0.480 e. The summed E-state index contributed by atoms with van der Waals surface area (Å²) < 4.78 is 4.47. The average Bonchev–Trinajstić information content (AvgIpc) is 2.98. The van der Waals surface area contributed by atoms with Crippen LogP contribution >= 0.6 is 0 Å². The van der Waals surface area contributed by atoms with Crippen LogP contribution in [0, 0.1) is 0 Å². The lowest BCUT2D eigenvalue weighted by molar-refractivity contribution is -0.148. The van der Waals surface area contributed by atoms with Crippen molar-refractivity contribution in [3.63, 3.8) is 0 Å². The summed E-state index contributed by atoms with van der Waals surface area (Å²) in [7, 11) is 0. The molecule has 1 amide bonds. The van der Waals surface area contributed by atoms with Gasteiger partial charge in [-0.25, -0.2) is 14.7 Å². The van der Waals surface area contributed by atoms with Crippen molar-refractivity contribution in [3.8, 4) is 0 Å². The minimum atomic E-state index is -1.03. The summed E-state index contributed by atoms with van der Waals surface area (Å²) in [6.07, 6.45) is 2.43. The molecule has 1 saturated heterocycles. The van der Waals surface area contributed by atoms with Crippen LogP contribution in [0.25, 0.3) is 0 Å². The molecule has 2 rings (SSSR count). The van der Waals surface area contributed by atoms with E-state index in [0.717, 1.165) is 0 Å². The molecule has 1 aromatic heterocycles. The summed E-state index contributed by atoms with van der Waals surface area (Å²) in [6, 6.07) is -1.76. The van der Waals surface area contributed by atoms with E-state index in [-0.39, 0.29) is 12.0 Å². The number of nitrogens with one attached hydrogen (secondary N) is 1. The summed E-state index contributed by atoms with van der Waals surface area (Å²) in [4.78, 5) is 35.6. The van der Waals surface area contributed by atoms with E-state index in [0.29, 0.717) is 19.4 Å². The molecule has 1 aliphatic rings. The van der Waals surface area contributed by atoms with E-state index >= 15 is 0 Å². The summed E-state index contributed by atoms with van der Waals surface area (Å²) in [5.74, 6) is -1.48. The third kappa shape index (κ3) is 2.68. The predicted molar refractivity (Wildman–Crippen MR) is 63.4 cm³/mol. The number of nitrogens with two attached hydrogens (primary N) is 1. The number of carbonyl (C=O) groups is 2. The Labute approximate surface area is 108 Å². The zero-order chi connectivity index (χ0) is 14.0. The predicted octanol–water partition coefficient (Wildman–Crippen LogP) is -1.09. The highest BCUT2D eigenvalue weighted by molar-refractivity contribution is 5.87. The van der Waals surface area contributed by atoms with E-state index < -0.39 is 29.6 Å². The van der Waals surface area contributed by atoms with Crippen molar-refractivity contribution in [2.45, 2.75) is 31.3 Å². The summed E-state index contributed by atoms with van der Waals surface area (Å²) in [5, 5.41) is 11.3. The first-order valence-corrected chi connectivity index (χ1v) is 5.95. The van der Waals surface area contributed by atoms with Crippen molar-refractivity contribution < 1.29 is 19.2 Å². The maximum absolute atomic E-state index is 12.1. The largest absolute Gasteiger partial charge is 0.480 e. The van der Waals surface area contributed by atoms with Gasteiger partial charge in [-0.1, -0.05) is 0 Å². The molecule has 0 saturated carbocycles. The van der Waals surface area contributed by atoms with Crippen LogP contribution in [-0.4, -0.2) is 45.7 Å². The monoisotopic (exact) mass is 269 g/mol. The highest BCUT2D eigenvalue weighted by atomic mass is 16.5. The molecule has 0 bridgehead atoms. The van der Waals surface area contributed by atoms with Crippen LogP contribution in [0.4, 0.5) is 0 Å². The third-order valence-corrected chi connectivity index (χ3v) is 3.22. The van der Waals surface area contributed by atoms with Crippen molar-refractivity contribution in [3.05, 3.63) is 22.2 Å². The normalized spacial score (nSPS) is 20.5. The SMILES string of the molecule is N[C@@H](Cc1c[nH]oc1=O)C(=O)N1CCC[C@@H]1C(=O)O. The molecular weight excluding hydrogens is 254 g/mol. The molecule has 0 aromatic carbocycles. The number of rotatable bonds is 4. The van der Waals surface area contributed by atoms with Crippen molar-refractivity contribution in [1.82, 2.24) is 10.1 Å². The zero-order valence-corrected chi connectivity index (χ0v) is 10.2. The highest BCUT2D eigenvalue weighted by Gasteiger charge is 2.36. The minimum absolute atomic E-state index is 0.0213. The Bertz CT molecular complexity index is 534. The number of likely N-dealkylation sites (tertiary alicyclic amines) is 1. The molecule has 0 spiro atoms. The van der Waals surface area contributed by atoms with E-state index in [1.54, 1.807) is 0 Å². The van der Waals surface area contributed by atoms with Gasteiger partial charge >= 0.3 is 11.6 Å². The van der Waals surface area contributed by atoms with Gasteiger partial charge in [0.15, 0.2) is 0 Å². The molecule has 8 heteroatoms. The number of nitrogens with zero attached hydrogens (tertiary/aromatic N) is 1. The molecule has 0 aliphatic carbocycles. The lowest BCUT2D eigenvalue weighted by Gasteiger charge is -2.24.